The van der Waals surface area contributed by atoms with E-state index < -0.39 is 17.9 Å². The van der Waals surface area contributed by atoms with E-state index in [4.69, 9.17) is 4.74 Å². The highest BCUT2D eigenvalue weighted by Crippen LogP contribution is 2.40. The molecule has 0 saturated heterocycles. The van der Waals surface area contributed by atoms with Gasteiger partial charge in [-0.1, -0.05) is 53.7 Å². The second-order valence-corrected chi connectivity index (χ2v) is 6.39. The minimum Gasteiger partial charge on any atom is -0.476 e. The number of carbonyl (C=O) groups is 1. The van der Waals surface area contributed by atoms with Crippen LogP contribution in [-0.4, -0.2) is 47.3 Å². The standard InChI is InChI=1S/C21H21NO6/c1-27-17-12-16(19(20(23)24)22-28-2)15-10-6-9-14(18(15)21(17,25)26)11-13-7-4-3-5-8-13/h3-10,12,17,25-26H,11H2,1-2H3,(H,23,24). The van der Waals surface area contributed by atoms with Crippen molar-refractivity contribution in [3.05, 3.63) is 76.9 Å². The van der Waals surface area contributed by atoms with Gasteiger partial charge in [-0.25, -0.2) is 4.79 Å². The van der Waals surface area contributed by atoms with Crippen molar-refractivity contribution in [1.82, 2.24) is 0 Å². The van der Waals surface area contributed by atoms with E-state index in [2.05, 4.69) is 9.99 Å². The minimum atomic E-state index is -2.34. The monoisotopic (exact) mass is 383 g/mol. The van der Waals surface area contributed by atoms with E-state index in [1.807, 2.05) is 30.3 Å². The van der Waals surface area contributed by atoms with Gasteiger partial charge in [-0.15, -0.1) is 0 Å². The maximum atomic E-state index is 11.7. The molecule has 146 valence electrons. The summed E-state index contributed by atoms with van der Waals surface area (Å²) < 4.78 is 5.24. The van der Waals surface area contributed by atoms with E-state index >= 15 is 0 Å². The van der Waals surface area contributed by atoms with E-state index in [-0.39, 0.29) is 16.8 Å². The number of aliphatic hydroxyl groups is 2. The molecule has 7 nitrogen and oxygen atoms in total. The van der Waals surface area contributed by atoms with Crippen LogP contribution in [0.5, 0.6) is 0 Å². The molecule has 3 N–H and O–H groups in total. The quantitative estimate of drug-likeness (QED) is 0.400. The maximum absolute atomic E-state index is 11.7. The molecular formula is C21H21NO6. The van der Waals surface area contributed by atoms with E-state index in [1.165, 1.54) is 20.3 Å². The number of fused-ring (bicyclic) bond motifs is 1. The first-order valence-corrected chi connectivity index (χ1v) is 8.61. The molecule has 0 bridgehead atoms. The zero-order chi connectivity index (χ0) is 20.3. The zero-order valence-corrected chi connectivity index (χ0v) is 15.5. The predicted octanol–water partition coefficient (Wildman–Crippen LogP) is 1.91. The first-order chi connectivity index (χ1) is 13.4. The number of oxime groups is 1. The van der Waals surface area contributed by atoms with Gasteiger partial charge in [0.05, 0.1) is 0 Å². The zero-order valence-electron chi connectivity index (χ0n) is 15.5. The lowest BCUT2D eigenvalue weighted by Gasteiger charge is -2.36. The van der Waals surface area contributed by atoms with Crippen molar-refractivity contribution >= 4 is 17.3 Å². The van der Waals surface area contributed by atoms with Crippen LogP contribution in [0.2, 0.25) is 0 Å². The van der Waals surface area contributed by atoms with E-state index in [1.54, 1.807) is 18.2 Å². The lowest BCUT2D eigenvalue weighted by Crippen LogP contribution is -2.44. The summed E-state index contributed by atoms with van der Waals surface area (Å²) in [5, 5.41) is 34.9. The molecule has 0 radical (unpaired) electrons. The van der Waals surface area contributed by atoms with Gasteiger partial charge in [0, 0.05) is 18.2 Å². The molecule has 3 rings (SSSR count). The minimum absolute atomic E-state index is 0.188. The van der Waals surface area contributed by atoms with Gasteiger partial charge in [0.2, 0.25) is 5.79 Å². The Bertz CT molecular complexity index is 933. The van der Waals surface area contributed by atoms with Crippen LogP contribution in [0.4, 0.5) is 0 Å². The van der Waals surface area contributed by atoms with Gasteiger partial charge in [0.15, 0.2) is 5.71 Å². The Kier molecular flexibility index (Phi) is 5.60. The van der Waals surface area contributed by atoms with Crippen molar-refractivity contribution in [2.75, 3.05) is 14.2 Å². The summed E-state index contributed by atoms with van der Waals surface area (Å²) in [6.45, 7) is 0. The van der Waals surface area contributed by atoms with Crippen molar-refractivity contribution in [3.8, 4) is 0 Å². The first-order valence-electron chi connectivity index (χ1n) is 8.61. The molecule has 0 spiro atoms. The fourth-order valence-electron chi connectivity index (χ4n) is 3.46. The molecule has 0 amide bonds. The highest BCUT2D eigenvalue weighted by atomic mass is 16.6. The van der Waals surface area contributed by atoms with Crippen LogP contribution in [0.1, 0.15) is 22.3 Å². The Morgan fingerprint density at radius 2 is 1.82 bits per heavy atom. The summed E-state index contributed by atoms with van der Waals surface area (Å²) in [6.07, 6.45) is 0.578. The average molecular weight is 383 g/mol. The smallest absolute Gasteiger partial charge is 0.358 e. The molecule has 1 unspecified atom stereocenters. The summed E-state index contributed by atoms with van der Waals surface area (Å²) in [6, 6.07) is 14.7. The van der Waals surface area contributed by atoms with Crippen LogP contribution < -0.4 is 0 Å². The number of benzene rings is 2. The van der Waals surface area contributed by atoms with Crippen LogP contribution in [0.15, 0.2) is 59.8 Å². The van der Waals surface area contributed by atoms with Crippen LogP contribution in [0.25, 0.3) is 5.57 Å². The fourth-order valence-corrected chi connectivity index (χ4v) is 3.46. The molecule has 28 heavy (non-hydrogen) atoms. The number of hydrogen-bond donors (Lipinski definition) is 3. The third-order valence-electron chi connectivity index (χ3n) is 4.66. The molecule has 0 aliphatic heterocycles. The topological polar surface area (TPSA) is 109 Å². The van der Waals surface area contributed by atoms with E-state index in [0.29, 0.717) is 17.5 Å². The third-order valence-corrected chi connectivity index (χ3v) is 4.66. The number of aliphatic carboxylic acids is 1. The van der Waals surface area contributed by atoms with Crippen LogP contribution >= 0.6 is 0 Å². The van der Waals surface area contributed by atoms with Crippen LogP contribution in [0, 0.1) is 0 Å². The van der Waals surface area contributed by atoms with E-state index in [0.717, 1.165) is 5.56 Å². The molecule has 0 saturated carbocycles. The van der Waals surface area contributed by atoms with Gasteiger partial charge in [-0.3, -0.25) is 0 Å². The lowest BCUT2D eigenvalue weighted by atomic mass is 9.79. The summed E-state index contributed by atoms with van der Waals surface area (Å²) >= 11 is 0. The maximum Gasteiger partial charge on any atom is 0.358 e. The number of carboxylic acid groups (broad SMARTS) is 1. The van der Waals surface area contributed by atoms with Crippen molar-refractivity contribution in [2.45, 2.75) is 18.3 Å². The molecule has 7 heteroatoms. The molecule has 2 aromatic carbocycles. The highest BCUT2D eigenvalue weighted by molar-refractivity contribution is 6.53. The Morgan fingerprint density at radius 3 is 2.43 bits per heavy atom. The molecule has 0 fully saturated rings. The van der Waals surface area contributed by atoms with E-state index in [9.17, 15) is 20.1 Å². The normalized spacial score (nSPS) is 18.2. The second kappa shape index (κ2) is 7.93. The Morgan fingerprint density at radius 1 is 1.11 bits per heavy atom. The molecule has 0 aromatic heterocycles. The van der Waals surface area contributed by atoms with Crippen molar-refractivity contribution < 1.29 is 29.7 Å². The van der Waals surface area contributed by atoms with Gasteiger partial charge in [-0.2, -0.15) is 0 Å². The SMILES string of the molecule is CON=C(C(=O)O)C1=CC(OC)C(O)(O)c2c(Cc3ccccc3)cccc21. The van der Waals surface area contributed by atoms with Crippen molar-refractivity contribution in [1.29, 1.82) is 0 Å². The molecular weight excluding hydrogens is 362 g/mol. The molecule has 1 aliphatic rings. The number of carboxylic acids is 1. The number of methoxy groups -OCH3 is 1. The summed E-state index contributed by atoms with van der Waals surface area (Å²) in [5.41, 5.74) is 2.01. The number of ether oxygens (including phenoxy) is 1. The van der Waals surface area contributed by atoms with Gasteiger partial charge in [-0.05, 0) is 29.2 Å². The fraction of sp³-hybridized carbons (Fsp3) is 0.238. The van der Waals surface area contributed by atoms with Gasteiger partial charge >= 0.3 is 5.97 Å². The van der Waals surface area contributed by atoms with Gasteiger partial charge in [0.1, 0.15) is 13.2 Å². The molecule has 1 aliphatic carbocycles. The molecule has 0 heterocycles. The van der Waals surface area contributed by atoms with Crippen molar-refractivity contribution in [3.63, 3.8) is 0 Å². The predicted molar refractivity (Wildman–Crippen MR) is 103 cm³/mol. The lowest BCUT2D eigenvalue weighted by molar-refractivity contribution is -0.228. The number of hydrogen-bond acceptors (Lipinski definition) is 6. The highest BCUT2D eigenvalue weighted by Gasteiger charge is 2.44. The summed E-state index contributed by atoms with van der Waals surface area (Å²) in [5.74, 6) is -3.64. The Hall–Kier alpha value is -3.00. The van der Waals surface area contributed by atoms with Gasteiger partial charge < -0.3 is 24.9 Å². The Balaban J connectivity index is 2.22. The van der Waals surface area contributed by atoms with Crippen LogP contribution in [-0.2, 0) is 26.6 Å². The second-order valence-electron chi connectivity index (χ2n) is 6.39. The molecule has 1 atom stereocenters. The van der Waals surface area contributed by atoms with Crippen LogP contribution in [0.3, 0.4) is 0 Å². The van der Waals surface area contributed by atoms with Crippen molar-refractivity contribution in [2.24, 2.45) is 5.16 Å². The van der Waals surface area contributed by atoms with Gasteiger partial charge in [0.25, 0.3) is 0 Å². The largest absolute Gasteiger partial charge is 0.476 e. The third kappa shape index (κ3) is 3.55. The summed E-state index contributed by atoms with van der Waals surface area (Å²) in [4.78, 5) is 16.4. The number of rotatable bonds is 6. The Labute approximate surface area is 162 Å². The number of nitrogens with zero attached hydrogens (tertiary/aromatic N) is 1. The first kappa shape index (κ1) is 19.8. The average Bonchev–Trinajstić information content (AvgIpc) is 2.67. The molecule has 2 aromatic rings. The summed E-state index contributed by atoms with van der Waals surface area (Å²) in [7, 11) is 2.56.